The van der Waals surface area contributed by atoms with Crippen LogP contribution in [0, 0.1) is 0 Å². The van der Waals surface area contributed by atoms with Crippen molar-refractivity contribution in [2.24, 2.45) is 0 Å². The van der Waals surface area contributed by atoms with Gasteiger partial charge in [-0.1, -0.05) is 48.5 Å². The predicted octanol–water partition coefficient (Wildman–Crippen LogP) is 3.71. The second-order valence-electron chi connectivity index (χ2n) is 6.31. The quantitative estimate of drug-likeness (QED) is 0.681. The van der Waals surface area contributed by atoms with Crippen molar-refractivity contribution in [3.8, 4) is 22.6 Å². The smallest absolute Gasteiger partial charge is 0.265 e. The van der Waals surface area contributed by atoms with E-state index in [1.54, 1.807) is 32.4 Å². The van der Waals surface area contributed by atoms with Crippen molar-refractivity contribution >= 4 is 5.91 Å². The average molecular weight is 360 g/mol. The first-order valence-electron chi connectivity index (χ1n) is 8.68. The summed E-state index contributed by atoms with van der Waals surface area (Å²) >= 11 is 0. The Hall–Kier alpha value is -3.31. The Morgan fingerprint density at radius 2 is 1.33 bits per heavy atom. The van der Waals surface area contributed by atoms with Gasteiger partial charge in [0, 0.05) is 11.6 Å². The molecule has 0 radical (unpaired) electrons. The van der Waals surface area contributed by atoms with Crippen molar-refractivity contribution in [1.82, 2.24) is 10.9 Å². The fourth-order valence-electron chi connectivity index (χ4n) is 3.46. The molecular weight excluding hydrogens is 340 g/mol. The van der Waals surface area contributed by atoms with E-state index in [0.29, 0.717) is 17.1 Å². The monoisotopic (exact) mass is 360 g/mol. The van der Waals surface area contributed by atoms with Crippen molar-refractivity contribution in [2.45, 2.75) is 6.04 Å². The van der Waals surface area contributed by atoms with Gasteiger partial charge in [0.05, 0.1) is 20.3 Å². The summed E-state index contributed by atoms with van der Waals surface area (Å²) in [5, 5.41) is 0. The van der Waals surface area contributed by atoms with E-state index < -0.39 is 0 Å². The molecule has 1 aliphatic carbocycles. The number of carbonyl (C=O) groups is 1. The van der Waals surface area contributed by atoms with E-state index in [1.807, 2.05) is 24.3 Å². The van der Waals surface area contributed by atoms with Crippen molar-refractivity contribution < 1.29 is 14.3 Å². The second kappa shape index (κ2) is 7.13. The number of ether oxygens (including phenoxy) is 2. The number of methoxy groups -OCH3 is 2. The zero-order valence-corrected chi connectivity index (χ0v) is 15.2. The van der Waals surface area contributed by atoms with Gasteiger partial charge in [-0.05, 0) is 34.4 Å². The third-order valence-corrected chi connectivity index (χ3v) is 4.78. The Labute approximate surface area is 157 Å². The van der Waals surface area contributed by atoms with Gasteiger partial charge in [0.1, 0.15) is 11.5 Å². The van der Waals surface area contributed by atoms with Crippen LogP contribution in [0.4, 0.5) is 0 Å². The molecule has 4 rings (SSSR count). The van der Waals surface area contributed by atoms with Crippen LogP contribution in [0.15, 0.2) is 66.7 Å². The number of hydrazine groups is 1. The highest BCUT2D eigenvalue weighted by atomic mass is 16.5. The van der Waals surface area contributed by atoms with Crippen LogP contribution in [0.5, 0.6) is 11.5 Å². The molecule has 0 unspecified atom stereocenters. The zero-order valence-electron chi connectivity index (χ0n) is 15.2. The van der Waals surface area contributed by atoms with Gasteiger partial charge >= 0.3 is 0 Å². The largest absolute Gasteiger partial charge is 0.497 e. The molecule has 2 N–H and O–H groups in total. The zero-order chi connectivity index (χ0) is 18.8. The summed E-state index contributed by atoms with van der Waals surface area (Å²) in [5.41, 5.74) is 11.1. The first kappa shape index (κ1) is 17.1. The van der Waals surface area contributed by atoms with Gasteiger partial charge in [-0.25, -0.2) is 5.43 Å². The number of amides is 1. The molecule has 0 saturated carbocycles. The lowest BCUT2D eigenvalue weighted by Crippen LogP contribution is -2.39. The fourth-order valence-corrected chi connectivity index (χ4v) is 3.46. The van der Waals surface area contributed by atoms with Crippen LogP contribution in [0.2, 0.25) is 0 Å². The fraction of sp³-hybridized carbons (Fsp3) is 0.136. The Morgan fingerprint density at radius 1 is 0.815 bits per heavy atom. The normalized spacial score (nSPS) is 12.2. The van der Waals surface area contributed by atoms with Crippen LogP contribution in [-0.4, -0.2) is 20.1 Å². The third kappa shape index (κ3) is 3.13. The molecule has 0 heterocycles. The Balaban J connectivity index is 1.58. The summed E-state index contributed by atoms with van der Waals surface area (Å²) in [6, 6.07) is 21.4. The lowest BCUT2D eigenvalue weighted by molar-refractivity contribution is 0.0927. The van der Waals surface area contributed by atoms with E-state index in [9.17, 15) is 4.79 Å². The van der Waals surface area contributed by atoms with E-state index in [4.69, 9.17) is 9.47 Å². The van der Waals surface area contributed by atoms with E-state index in [-0.39, 0.29) is 11.9 Å². The average Bonchev–Trinajstić information content (AvgIpc) is 3.05. The first-order valence-corrected chi connectivity index (χ1v) is 8.68. The highest BCUT2D eigenvalue weighted by Crippen LogP contribution is 2.42. The molecule has 136 valence electrons. The molecule has 0 atom stereocenters. The number of benzene rings is 3. The summed E-state index contributed by atoms with van der Waals surface area (Å²) in [7, 11) is 3.11. The highest BCUT2D eigenvalue weighted by Gasteiger charge is 2.28. The van der Waals surface area contributed by atoms with E-state index >= 15 is 0 Å². The summed E-state index contributed by atoms with van der Waals surface area (Å²) < 4.78 is 10.5. The minimum atomic E-state index is -0.255. The second-order valence-corrected chi connectivity index (χ2v) is 6.31. The maximum absolute atomic E-state index is 12.7. The van der Waals surface area contributed by atoms with E-state index in [1.165, 1.54) is 11.1 Å². The van der Waals surface area contributed by atoms with Crippen LogP contribution in [-0.2, 0) is 0 Å². The first-order chi connectivity index (χ1) is 13.2. The van der Waals surface area contributed by atoms with Crippen LogP contribution in [0.1, 0.15) is 27.5 Å². The van der Waals surface area contributed by atoms with Gasteiger partial charge in [0.2, 0.25) is 0 Å². The lowest BCUT2D eigenvalue weighted by Gasteiger charge is -2.17. The molecule has 27 heavy (non-hydrogen) atoms. The molecule has 0 saturated heterocycles. The lowest BCUT2D eigenvalue weighted by atomic mass is 10.1. The number of rotatable bonds is 5. The van der Waals surface area contributed by atoms with Gasteiger partial charge in [-0.3, -0.25) is 10.2 Å². The van der Waals surface area contributed by atoms with Crippen molar-refractivity contribution in [3.05, 3.63) is 83.4 Å². The number of hydrogen-bond donors (Lipinski definition) is 2. The third-order valence-electron chi connectivity index (χ3n) is 4.78. The summed E-state index contributed by atoms with van der Waals surface area (Å²) in [5.74, 6) is 0.876. The van der Waals surface area contributed by atoms with Crippen molar-refractivity contribution in [2.75, 3.05) is 14.2 Å². The predicted molar refractivity (Wildman–Crippen MR) is 104 cm³/mol. The summed E-state index contributed by atoms with van der Waals surface area (Å²) in [4.78, 5) is 12.7. The van der Waals surface area contributed by atoms with Gasteiger partial charge < -0.3 is 9.47 Å². The highest BCUT2D eigenvalue weighted by molar-refractivity contribution is 5.95. The number of carbonyl (C=O) groups excluding carboxylic acids is 1. The van der Waals surface area contributed by atoms with Crippen LogP contribution in [0.3, 0.4) is 0 Å². The minimum Gasteiger partial charge on any atom is -0.497 e. The molecule has 5 heteroatoms. The topological polar surface area (TPSA) is 59.6 Å². The van der Waals surface area contributed by atoms with Crippen LogP contribution in [0.25, 0.3) is 11.1 Å². The van der Waals surface area contributed by atoms with Gasteiger partial charge in [-0.2, -0.15) is 0 Å². The molecule has 0 aliphatic heterocycles. The molecule has 5 nitrogen and oxygen atoms in total. The van der Waals surface area contributed by atoms with Crippen LogP contribution >= 0.6 is 0 Å². The van der Waals surface area contributed by atoms with Crippen molar-refractivity contribution in [1.29, 1.82) is 0 Å². The molecular formula is C22H20N2O3. The molecule has 0 bridgehead atoms. The number of fused-ring (bicyclic) bond motifs is 3. The molecule has 0 aromatic heterocycles. The summed E-state index contributed by atoms with van der Waals surface area (Å²) in [6.07, 6.45) is 0. The standard InChI is InChI=1S/C22H20N2O3/c1-26-15-11-14(12-16(13-15)27-2)22(25)24-23-21-19-9-5-3-7-17(19)18-8-4-6-10-20(18)21/h3-13,21,23H,1-2H3,(H,24,25). The van der Waals surface area contributed by atoms with Crippen LogP contribution < -0.4 is 20.3 Å². The summed E-state index contributed by atoms with van der Waals surface area (Å²) in [6.45, 7) is 0. The molecule has 0 spiro atoms. The number of hydrogen-bond acceptors (Lipinski definition) is 4. The molecule has 0 fully saturated rings. The molecule has 1 amide bonds. The SMILES string of the molecule is COc1cc(OC)cc(C(=O)NNC2c3ccccc3-c3ccccc32)c1. The van der Waals surface area contributed by atoms with Crippen molar-refractivity contribution in [3.63, 3.8) is 0 Å². The Kier molecular flexibility index (Phi) is 4.52. The Bertz CT molecular complexity index is 933. The minimum absolute atomic E-state index is 0.103. The molecule has 3 aromatic rings. The maximum Gasteiger partial charge on any atom is 0.265 e. The number of nitrogens with one attached hydrogen (secondary N) is 2. The Morgan fingerprint density at radius 3 is 1.85 bits per heavy atom. The molecule has 1 aliphatic rings. The molecule has 3 aromatic carbocycles. The van der Waals surface area contributed by atoms with Gasteiger partial charge in [-0.15, -0.1) is 0 Å². The van der Waals surface area contributed by atoms with Gasteiger partial charge in [0.15, 0.2) is 0 Å². The van der Waals surface area contributed by atoms with E-state index in [2.05, 4.69) is 35.1 Å². The van der Waals surface area contributed by atoms with E-state index in [0.717, 1.165) is 11.1 Å². The maximum atomic E-state index is 12.7. The van der Waals surface area contributed by atoms with Gasteiger partial charge in [0.25, 0.3) is 5.91 Å².